The molecular formula is C19H22N2O3. The van der Waals surface area contributed by atoms with Gasteiger partial charge < -0.3 is 20.1 Å². The summed E-state index contributed by atoms with van der Waals surface area (Å²) in [5.41, 5.74) is 2.12. The molecule has 2 aromatic rings. The van der Waals surface area contributed by atoms with Gasteiger partial charge in [-0.2, -0.15) is 0 Å². The summed E-state index contributed by atoms with van der Waals surface area (Å²) in [4.78, 5) is 12.2. The summed E-state index contributed by atoms with van der Waals surface area (Å²) < 4.78 is 11.3. The predicted molar refractivity (Wildman–Crippen MR) is 92.2 cm³/mol. The highest BCUT2D eigenvalue weighted by atomic mass is 16.5. The Hall–Kier alpha value is -2.37. The van der Waals surface area contributed by atoms with Crippen LogP contribution in [0.15, 0.2) is 48.5 Å². The Morgan fingerprint density at radius 1 is 1.25 bits per heavy atom. The van der Waals surface area contributed by atoms with Crippen LogP contribution in [-0.4, -0.2) is 31.7 Å². The normalized spacial score (nSPS) is 17.3. The molecule has 2 aromatic carbocycles. The number of benzene rings is 2. The lowest BCUT2D eigenvalue weighted by atomic mass is 10.2. The molecule has 1 fully saturated rings. The zero-order valence-corrected chi connectivity index (χ0v) is 13.7. The maximum Gasteiger partial charge on any atom is 0.239 e. The molecule has 1 atom stereocenters. The molecule has 1 amide bonds. The van der Waals surface area contributed by atoms with Crippen LogP contribution in [0.4, 0.5) is 0 Å². The average molecular weight is 326 g/mol. The monoisotopic (exact) mass is 326 g/mol. The Balaban J connectivity index is 1.63. The van der Waals surface area contributed by atoms with Crippen LogP contribution in [0.2, 0.25) is 0 Å². The summed E-state index contributed by atoms with van der Waals surface area (Å²) in [5.74, 6) is 1.47. The molecule has 0 bridgehead atoms. The zero-order chi connectivity index (χ0) is 16.8. The van der Waals surface area contributed by atoms with Gasteiger partial charge >= 0.3 is 0 Å². The molecule has 24 heavy (non-hydrogen) atoms. The van der Waals surface area contributed by atoms with Gasteiger partial charge in [-0.1, -0.05) is 35.9 Å². The number of carbonyl (C=O) groups is 1. The number of rotatable bonds is 5. The van der Waals surface area contributed by atoms with Gasteiger partial charge in [0.05, 0.1) is 13.2 Å². The van der Waals surface area contributed by atoms with Crippen molar-refractivity contribution in [1.82, 2.24) is 10.6 Å². The quantitative estimate of drug-likeness (QED) is 0.886. The number of carbonyl (C=O) groups excluding carboxylic acids is 1. The molecule has 1 saturated heterocycles. The van der Waals surface area contributed by atoms with E-state index in [1.807, 2.05) is 55.5 Å². The summed E-state index contributed by atoms with van der Waals surface area (Å²) in [6.45, 7) is 4.21. The summed E-state index contributed by atoms with van der Waals surface area (Å²) in [6.07, 6.45) is 0. The second kappa shape index (κ2) is 7.95. The average Bonchev–Trinajstić information content (AvgIpc) is 2.63. The first-order valence-corrected chi connectivity index (χ1v) is 8.13. The number of nitrogens with one attached hydrogen (secondary N) is 2. The third-order valence-electron chi connectivity index (χ3n) is 3.91. The second-order valence-corrected chi connectivity index (χ2v) is 5.82. The minimum atomic E-state index is -0.288. The Bertz CT molecular complexity index is 679. The third kappa shape index (κ3) is 4.34. The molecule has 1 heterocycles. The van der Waals surface area contributed by atoms with Crippen LogP contribution in [-0.2, 0) is 16.1 Å². The Kier molecular flexibility index (Phi) is 5.46. The van der Waals surface area contributed by atoms with Crippen molar-refractivity contribution >= 4 is 5.91 Å². The highest BCUT2D eigenvalue weighted by Gasteiger charge is 2.20. The number of aryl methyl sites for hydroxylation is 1. The van der Waals surface area contributed by atoms with Crippen LogP contribution in [0.5, 0.6) is 11.5 Å². The minimum Gasteiger partial charge on any atom is -0.457 e. The van der Waals surface area contributed by atoms with Gasteiger partial charge in [0.25, 0.3) is 0 Å². The van der Waals surface area contributed by atoms with E-state index in [0.717, 1.165) is 17.1 Å². The van der Waals surface area contributed by atoms with E-state index in [1.54, 1.807) is 0 Å². The van der Waals surface area contributed by atoms with E-state index in [-0.39, 0.29) is 11.9 Å². The van der Waals surface area contributed by atoms with Gasteiger partial charge in [-0.05, 0) is 25.1 Å². The molecule has 0 saturated carbocycles. The molecule has 1 aliphatic rings. The number of ether oxygens (including phenoxy) is 2. The van der Waals surface area contributed by atoms with Crippen LogP contribution < -0.4 is 15.4 Å². The van der Waals surface area contributed by atoms with Gasteiger partial charge in [0.2, 0.25) is 5.91 Å². The van der Waals surface area contributed by atoms with Crippen LogP contribution in [0.1, 0.15) is 11.1 Å². The van der Waals surface area contributed by atoms with Gasteiger partial charge in [-0.3, -0.25) is 4.79 Å². The lowest BCUT2D eigenvalue weighted by molar-refractivity contribution is -0.126. The fourth-order valence-corrected chi connectivity index (χ4v) is 2.52. The molecule has 5 nitrogen and oxygen atoms in total. The lowest BCUT2D eigenvalue weighted by Crippen LogP contribution is -2.51. The molecule has 0 spiro atoms. The maximum absolute atomic E-state index is 12.2. The third-order valence-corrected chi connectivity index (χ3v) is 3.91. The standard InChI is InChI=1S/C19H22N2O3/c1-14-6-8-16(9-7-14)24-18-5-3-2-4-15(18)12-21-19(22)17-13-23-11-10-20-17/h2-9,17,20H,10-13H2,1H3,(H,21,22). The molecule has 0 radical (unpaired) electrons. The van der Waals surface area contributed by atoms with Gasteiger partial charge in [-0.15, -0.1) is 0 Å². The largest absolute Gasteiger partial charge is 0.457 e. The number of morpholine rings is 1. The van der Waals surface area contributed by atoms with Crippen LogP contribution in [0.3, 0.4) is 0 Å². The number of hydrogen-bond acceptors (Lipinski definition) is 4. The summed E-state index contributed by atoms with van der Waals surface area (Å²) in [6, 6.07) is 15.3. The fourth-order valence-electron chi connectivity index (χ4n) is 2.52. The van der Waals surface area contributed by atoms with Crippen molar-refractivity contribution in [3.8, 4) is 11.5 Å². The first-order chi connectivity index (χ1) is 11.7. The van der Waals surface area contributed by atoms with E-state index < -0.39 is 0 Å². The van der Waals surface area contributed by atoms with Crippen LogP contribution in [0.25, 0.3) is 0 Å². The van der Waals surface area contributed by atoms with E-state index in [2.05, 4.69) is 10.6 Å². The van der Waals surface area contributed by atoms with Crippen molar-refractivity contribution in [1.29, 1.82) is 0 Å². The molecule has 2 N–H and O–H groups in total. The molecular weight excluding hydrogens is 304 g/mol. The van der Waals surface area contributed by atoms with Gasteiger partial charge in [0.1, 0.15) is 17.5 Å². The Morgan fingerprint density at radius 2 is 2.04 bits per heavy atom. The SMILES string of the molecule is Cc1ccc(Oc2ccccc2CNC(=O)C2COCCN2)cc1. The van der Waals surface area contributed by atoms with Crippen molar-refractivity contribution in [2.24, 2.45) is 0 Å². The minimum absolute atomic E-state index is 0.0557. The maximum atomic E-state index is 12.2. The van der Waals surface area contributed by atoms with E-state index in [1.165, 1.54) is 5.56 Å². The predicted octanol–water partition coefficient (Wildman–Crippen LogP) is 2.39. The lowest BCUT2D eigenvalue weighted by Gasteiger charge is -2.23. The topological polar surface area (TPSA) is 59.6 Å². The number of hydrogen-bond donors (Lipinski definition) is 2. The van der Waals surface area contributed by atoms with Crippen molar-refractivity contribution in [3.63, 3.8) is 0 Å². The zero-order valence-electron chi connectivity index (χ0n) is 13.7. The van der Waals surface area contributed by atoms with Gasteiger partial charge in [-0.25, -0.2) is 0 Å². The van der Waals surface area contributed by atoms with E-state index >= 15 is 0 Å². The second-order valence-electron chi connectivity index (χ2n) is 5.82. The van der Waals surface area contributed by atoms with Gasteiger partial charge in [0.15, 0.2) is 0 Å². The van der Waals surface area contributed by atoms with Crippen molar-refractivity contribution in [2.45, 2.75) is 19.5 Å². The molecule has 0 aromatic heterocycles. The van der Waals surface area contributed by atoms with Crippen molar-refractivity contribution in [2.75, 3.05) is 19.8 Å². The van der Waals surface area contributed by atoms with E-state index in [9.17, 15) is 4.79 Å². The molecule has 126 valence electrons. The van der Waals surface area contributed by atoms with Crippen LogP contribution in [0, 0.1) is 6.92 Å². The van der Waals surface area contributed by atoms with E-state index in [4.69, 9.17) is 9.47 Å². The molecule has 3 rings (SSSR count). The van der Waals surface area contributed by atoms with Crippen molar-refractivity contribution in [3.05, 3.63) is 59.7 Å². The molecule has 5 heteroatoms. The highest BCUT2D eigenvalue weighted by molar-refractivity contribution is 5.82. The first-order valence-electron chi connectivity index (χ1n) is 8.13. The number of para-hydroxylation sites is 1. The molecule has 1 unspecified atom stereocenters. The van der Waals surface area contributed by atoms with Gasteiger partial charge in [0, 0.05) is 18.7 Å². The Morgan fingerprint density at radius 3 is 2.79 bits per heavy atom. The summed E-state index contributed by atoms with van der Waals surface area (Å²) in [5, 5.41) is 6.09. The smallest absolute Gasteiger partial charge is 0.239 e. The molecule has 1 aliphatic heterocycles. The van der Waals surface area contributed by atoms with E-state index in [0.29, 0.717) is 26.3 Å². The highest BCUT2D eigenvalue weighted by Crippen LogP contribution is 2.25. The van der Waals surface area contributed by atoms with Crippen LogP contribution >= 0.6 is 0 Å². The molecule has 0 aliphatic carbocycles. The van der Waals surface area contributed by atoms with Crippen molar-refractivity contribution < 1.29 is 14.3 Å². The first kappa shape index (κ1) is 16.5. The fraction of sp³-hybridized carbons (Fsp3) is 0.316. The number of amides is 1. The summed E-state index contributed by atoms with van der Waals surface area (Å²) >= 11 is 0. The summed E-state index contributed by atoms with van der Waals surface area (Å²) in [7, 11) is 0. The Labute approximate surface area is 142 Å².